The number of carbonyl (C=O) groups is 2. The van der Waals surface area contributed by atoms with Gasteiger partial charge in [0.05, 0.1) is 16.6 Å². The van der Waals surface area contributed by atoms with Gasteiger partial charge in [0.25, 0.3) is 11.8 Å². The Morgan fingerprint density at radius 2 is 1.56 bits per heavy atom. The summed E-state index contributed by atoms with van der Waals surface area (Å²) < 4.78 is 18.5. The fourth-order valence-electron chi connectivity index (χ4n) is 3.91. The summed E-state index contributed by atoms with van der Waals surface area (Å²) in [7, 11) is 0. The molecule has 9 heteroatoms. The number of hydrogen-bond donors (Lipinski definition) is 1. The van der Waals surface area contributed by atoms with E-state index in [0.717, 1.165) is 16.7 Å². The summed E-state index contributed by atoms with van der Waals surface area (Å²) in [6.07, 6.45) is 0. The predicted molar refractivity (Wildman–Crippen MR) is 149 cm³/mol. The molecule has 202 valence electrons. The van der Waals surface area contributed by atoms with Crippen LogP contribution in [0.1, 0.15) is 64.1 Å². The van der Waals surface area contributed by atoms with Gasteiger partial charge in [0.1, 0.15) is 5.82 Å². The Hall–Kier alpha value is -3.68. The summed E-state index contributed by atoms with van der Waals surface area (Å²) in [6, 6.07) is 20.0. The van der Waals surface area contributed by atoms with Crippen LogP contribution in [-0.4, -0.2) is 21.9 Å². The molecule has 4 rings (SSSR count). The second kappa shape index (κ2) is 12.0. The van der Waals surface area contributed by atoms with Crippen molar-refractivity contribution in [1.82, 2.24) is 15.4 Å². The highest BCUT2D eigenvalue weighted by Gasteiger charge is 2.22. The molecule has 0 aliphatic carbocycles. The van der Waals surface area contributed by atoms with Crippen molar-refractivity contribution in [3.8, 4) is 0 Å². The first-order valence-electron chi connectivity index (χ1n) is 12.3. The van der Waals surface area contributed by atoms with E-state index in [1.54, 1.807) is 47.4 Å². The van der Waals surface area contributed by atoms with E-state index in [1.807, 2.05) is 12.1 Å². The number of amides is 2. The molecule has 0 saturated carbocycles. The molecule has 0 aliphatic heterocycles. The maximum absolute atomic E-state index is 13.6. The first kappa shape index (κ1) is 28.3. The smallest absolute Gasteiger partial charge is 0.273 e. The average Bonchev–Trinajstić information content (AvgIpc) is 3.38. The number of rotatable bonds is 8. The van der Waals surface area contributed by atoms with Crippen molar-refractivity contribution in [1.29, 1.82) is 0 Å². The minimum atomic E-state index is -0.450. The number of carbonyl (C=O) groups excluding carboxylic acids is 2. The van der Waals surface area contributed by atoms with Crippen LogP contribution in [0.25, 0.3) is 0 Å². The van der Waals surface area contributed by atoms with Crippen molar-refractivity contribution in [2.24, 2.45) is 0 Å². The summed E-state index contributed by atoms with van der Waals surface area (Å²) in [5.41, 5.74) is 3.17. The van der Waals surface area contributed by atoms with Crippen molar-refractivity contribution in [3.05, 3.63) is 122 Å². The molecular weight excluding hydrogens is 540 g/mol. The molecule has 0 saturated heterocycles. The number of halogens is 3. The highest BCUT2D eigenvalue weighted by Crippen LogP contribution is 2.26. The van der Waals surface area contributed by atoms with Gasteiger partial charge in [-0.15, -0.1) is 0 Å². The average molecular weight is 568 g/mol. The molecule has 1 N–H and O–H groups in total. The zero-order valence-electron chi connectivity index (χ0n) is 21.8. The molecule has 6 nitrogen and oxygen atoms in total. The van der Waals surface area contributed by atoms with Gasteiger partial charge in [-0.05, 0) is 58.5 Å². The van der Waals surface area contributed by atoms with Crippen LogP contribution in [0.2, 0.25) is 10.0 Å². The molecule has 0 atom stereocenters. The second-order valence-corrected chi connectivity index (χ2v) is 11.0. The number of nitrogens with zero attached hydrogens (tertiary/aromatic N) is 2. The highest BCUT2D eigenvalue weighted by molar-refractivity contribution is 6.42. The van der Waals surface area contributed by atoms with Gasteiger partial charge in [-0.2, -0.15) is 0 Å². The Morgan fingerprint density at radius 3 is 2.21 bits per heavy atom. The fraction of sp³-hybridized carbons (Fsp3) is 0.233. The van der Waals surface area contributed by atoms with Gasteiger partial charge < -0.3 is 14.7 Å². The molecular formula is C30H28Cl2FN3O3. The van der Waals surface area contributed by atoms with Crippen molar-refractivity contribution in [2.75, 3.05) is 0 Å². The van der Waals surface area contributed by atoms with E-state index in [2.05, 4.69) is 31.2 Å². The largest absolute Gasteiger partial charge is 0.359 e. The Kier molecular flexibility index (Phi) is 8.73. The summed E-state index contributed by atoms with van der Waals surface area (Å²) in [5, 5.41) is 7.41. The van der Waals surface area contributed by atoms with Crippen molar-refractivity contribution in [3.63, 3.8) is 0 Å². The van der Waals surface area contributed by atoms with Gasteiger partial charge in [-0.3, -0.25) is 9.59 Å². The van der Waals surface area contributed by atoms with Crippen LogP contribution in [-0.2, 0) is 25.0 Å². The third-order valence-electron chi connectivity index (χ3n) is 6.15. The first-order chi connectivity index (χ1) is 18.5. The summed E-state index contributed by atoms with van der Waals surface area (Å²) in [4.78, 5) is 27.8. The zero-order chi connectivity index (χ0) is 28.2. The second-order valence-electron chi connectivity index (χ2n) is 10.2. The van der Waals surface area contributed by atoms with Gasteiger partial charge in [0.2, 0.25) is 0 Å². The van der Waals surface area contributed by atoms with Gasteiger partial charge in [-0.1, -0.05) is 79.5 Å². The predicted octanol–water partition coefficient (Wildman–Crippen LogP) is 7.19. The molecule has 0 unspecified atom stereocenters. The lowest BCUT2D eigenvalue weighted by molar-refractivity contribution is 0.0713. The third-order valence-corrected chi connectivity index (χ3v) is 6.89. The van der Waals surface area contributed by atoms with Crippen LogP contribution < -0.4 is 5.32 Å². The number of aromatic nitrogens is 1. The molecule has 0 fully saturated rings. The molecule has 4 aromatic rings. The van der Waals surface area contributed by atoms with Crippen LogP contribution in [0, 0.1) is 5.82 Å². The van der Waals surface area contributed by atoms with E-state index in [-0.39, 0.29) is 42.5 Å². The lowest BCUT2D eigenvalue weighted by Crippen LogP contribution is -2.30. The Bertz CT molecular complexity index is 1460. The van der Waals surface area contributed by atoms with Gasteiger partial charge in [0.15, 0.2) is 11.5 Å². The zero-order valence-corrected chi connectivity index (χ0v) is 23.3. The minimum absolute atomic E-state index is 0.0468. The number of nitrogens with one attached hydrogen (secondary N) is 1. The highest BCUT2D eigenvalue weighted by atomic mass is 35.5. The summed E-state index contributed by atoms with van der Waals surface area (Å²) in [5.74, 6) is -0.687. The summed E-state index contributed by atoms with van der Waals surface area (Å²) >= 11 is 12.3. The first-order valence-corrected chi connectivity index (χ1v) is 13.1. The van der Waals surface area contributed by atoms with Gasteiger partial charge in [0, 0.05) is 24.7 Å². The van der Waals surface area contributed by atoms with Gasteiger partial charge in [-0.25, -0.2) is 4.39 Å². The molecule has 1 aromatic heterocycles. The van der Waals surface area contributed by atoms with Crippen molar-refractivity contribution in [2.45, 2.75) is 45.8 Å². The Labute approximate surface area is 236 Å². The lowest BCUT2D eigenvalue weighted by atomic mass is 9.86. The number of hydrogen-bond acceptors (Lipinski definition) is 4. The van der Waals surface area contributed by atoms with Gasteiger partial charge >= 0.3 is 0 Å². The van der Waals surface area contributed by atoms with Crippen molar-refractivity contribution < 1.29 is 18.5 Å². The van der Waals surface area contributed by atoms with E-state index in [1.165, 1.54) is 18.2 Å². The maximum Gasteiger partial charge on any atom is 0.273 e. The van der Waals surface area contributed by atoms with Crippen LogP contribution >= 0.6 is 23.2 Å². The molecule has 1 heterocycles. The molecule has 39 heavy (non-hydrogen) atoms. The van der Waals surface area contributed by atoms with Crippen LogP contribution in [0.4, 0.5) is 4.39 Å². The Morgan fingerprint density at radius 1 is 0.897 bits per heavy atom. The van der Waals surface area contributed by atoms with E-state index in [4.69, 9.17) is 27.7 Å². The van der Waals surface area contributed by atoms with Crippen LogP contribution in [0.15, 0.2) is 77.3 Å². The van der Waals surface area contributed by atoms with E-state index in [9.17, 15) is 14.0 Å². The number of benzene rings is 3. The standard InChI is InChI=1S/C30H28Cl2FN3O3/c1-30(2,3)22-9-7-21(8-10-22)29(38)36(17-20-6-13-25(31)26(32)14-20)18-24-15-27(35-39-24)28(37)34-16-19-4-11-23(33)12-5-19/h4-15H,16-18H2,1-3H3,(H,34,37). The van der Waals surface area contributed by atoms with Crippen molar-refractivity contribution >= 4 is 35.0 Å². The maximum atomic E-state index is 13.6. The fourth-order valence-corrected chi connectivity index (χ4v) is 4.23. The molecule has 0 aliphatic rings. The summed E-state index contributed by atoms with van der Waals surface area (Å²) in [6.45, 7) is 6.82. The SMILES string of the molecule is CC(C)(C)c1ccc(C(=O)N(Cc2ccc(Cl)c(Cl)c2)Cc2cc(C(=O)NCc3ccc(F)cc3)no2)cc1. The van der Waals surface area contributed by atoms with E-state index in [0.29, 0.717) is 21.4 Å². The monoisotopic (exact) mass is 567 g/mol. The quantitative estimate of drug-likeness (QED) is 0.244. The molecule has 3 aromatic carbocycles. The Balaban J connectivity index is 1.51. The molecule has 0 radical (unpaired) electrons. The molecule has 2 amide bonds. The lowest BCUT2D eigenvalue weighted by Gasteiger charge is -2.23. The minimum Gasteiger partial charge on any atom is -0.359 e. The third kappa shape index (κ3) is 7.46. The molecule has 0 bridgehead atoms. The van der Waals surface area contributed by atoms with Crippen LogP contribution in [0.5, 0.6) is 0 Å². The topological polar surface area (TPSA) is 75.4 Å². The normalized spacial score (nSPS) is 11.3. The van der Waals surface area contributed by atoms with Crippen LogP contribution in [0.3, 0.4) is 0 Å². The van der Waals surface area contributed by atoms with E-state index >= 15 is 0 Å². The van der Waals surface area contributed by atoms with E-state index < -0.39 is 5.91 Å². The molecule has 0 spiro atoms.